The number of hydrogen-bond donors (Lipinski definition) is 0. The minimum absolute atomic E-state index is 0.239. The van der Waals surface area contributed by atoms with Gasteiger partial charge in [-0.3, -0.25) is 9.63 Å². The van der Waals surface area contributed by atoms with Crippen LogP contribution in [0.15, 0.2) is 18.2 Å². The van der Waals surface area contributed by atoms with Crippen molar-refractivity contribution in [2.75, 3.05) is 20.8 Å². The Hall–Kier alpha value is -1.69. The van der Waals surface area contributed by atoms with E-state index < -0.39 is 13.0 Å². The van der Waals surface area contributed by atoms with E-state index in [1.54, 1.807) is 19.1 Å². The lowest BCUT2D eigenvalue weighted by Gasteiger charge is -2.15. The van der Waals surface area contributed by atoms with Crippen LogP contribution in [-0.2, 0) is 4.84 Å². The highest BCUT2D eigenvalue weighted by molar-refractivity contribution is 5.94. The number of nitrogens with zero attached hydrogens (tertiary/aromatic N) is 1. The van der Waals surface area contributed by atoms with Gasteiger partial charge in [-0.1, -0.05) is 0 Å². The van der Waals surface area contributed by atoms with Crippen molar-refractivity contribution in [3.63, 3.8) is 0 Å². The molecule has 1 aromatic carbocycles. The van der Waals surface area contributed by atoms with Gasteiger partial charge in [0.1, 0.15) is 12.4 Å². The molecule has 18 heavy (non-hydrogen) atoms. The number of hydroxylamine groups is 2. The molecule has 100 valence electrons. The first-order valence-corrected chi connectivity index (χ1v) is 5.29. The molecule has 1 amide bonds. The van der Waals surface area contributed by atoms with Crippen molar-refractivity contribution in [3.8, 4) is 5.75 Å². The quantitative estimate of drug-likeness (QED) is 0.761. The minimum atomic E-state index is -2.55. The largest absolute Gasteiger partial charge is 0.488 e. The lowest BCUT2D eigenvalue weighted by atomic mass is 10.1. The molecule has 0 saturated heterocycles. The molecule has 0 aliphatic rings. The average Bonchev–Trinajstić information content (AvgIpc) is 2.33. The first kappa shape index (κ1) is 14.4. The van der Waals surface area contributed by atoms with Crippen molar-refractivity contribution in [3.05, 3.63) is 29.3 Å². The molecule has 4 nitrogen and oxygen atoms in total. The van der Waals surface area contributed by atoms with E-state index in [2.05, 4.69) is 0 Å². The average molecular weight is 259 g/mol. The zero-order valence-electron chi connectivity index (χ0n) is 10.4. The van der Waals surface area contributed by atoms with Crippen molar-refractivity contribution < 1.29 is 23.1 Å². The minimum Gasteiger partial charge on any atom is -0.488 e. The monoisotopic (exact) mass is 259 g/mol. The summed E-state index contributed by atoms with van der Waals surface area (Å²) in [5.41, 5.74) is 1.07. The summed E-state index contributed by atoms with van der Waals surface area (Å²) in [7, 11) is 2.83. The van der Waals surface area contributed by atoms with Crippen LogP contribution in [-0.4, -0.2) is 38.2 Å². The van der Waals surface area contributed by atoms with Crippen LogP contribution >= 0.6 is 0 Å². The smallest absolute Gasteiger partial charge is 0.277 e. The molecule has 1 rings (SSSR count). The van der Waals surface area contributed by atoms with E-state index in [0.717, 1.165) is 10.6 Å². The molecule has 0 radical (unpaired) electrons. The summed E-state index contributed by atoms with van der Waals surface area (Å²) < 4.78 is 29.0. The molecule has 0 saturated carbocycles. The Labute approximate surface area is 104 Å². The fraction of sp³-hybridized carbons (Fsp3) is 0.417. The Bertz CT molecular complexity index is 424. The lowest BCUT2D eigenvalue weighted by molar-refractivity contribution is -0.0757. The molecule has 0 bridgehead atoms. The summed E-state index contributed by atoms with van der Waals surface area (Å²) >= 11 is 0. The lowest BCUT2D eigenvalue weighted by Crippen LogP contribution is -2.25. The third kappa shape index (κ3) is 3.96. The Morgan fingerprint density at radius 1 is 1.39 bits per heavy atom. The SMILES string of the molecule is CON(C)C(=O)c1cc(C)cc(OCC(F)F)c1. The van der Waals surface area contributed by atoms with E-state index in [1.165, 1.54) is 20.2 Å². The summed E-state index contributed by atoms with van der Waals surface area (Å²) in [6.45, 7) is 1.05. The van der Waals surface area contributed by atoms with E-state index in [4.69, 9.17) is 9.57 Å². The van der Waals surface area contributed by atoms with Gasteiger partial charge in [0.2, 0.25) is 0 Å². The Kier molecular flexibility index (Phi) is 5.03. The second-order valence-electron chi connectivity index (χ2n) is 3.72. The Morgan fingerprint density at radius 2 is 2.06 bits per heavy atom. The number of alkyl halides is 2. The van der Waals surface area contributed by atoms with Gasteiger partial charge in [0.25, 0.3) is 12.3 Å². The standard InChI is InChI=1S/C12H15F2NO3/c1-8-4-9(12(16)15(2)17-3)6-10(5-8)18-7-11(13)14/h4-6,11H,7H2,1-3H3. The van der Waals surface area contributed by atoms with Gasteiger partial charge in [-0.05, 0) is 30.7 Å². The van der Waals surface area contributed by atoms with E-state index in [0.29, 0.717) is 5.56 Å². The third-order valence-corrected chi connectivity index (χ3v) is 2.23. The Balaban J connectivity index is 2.90. The number of carbonyl (C=O) groups is 1. The molecular formula is C12H15F2NO3. The molecule has 0 spiro atoms. The molecule has 0 aromatic heterocycles. The summed E-state index contributed by atoms with van der Waals surface area (Å²) in [5, 5.41) is 1.05. The van der Waals surface area contributed by atoms with Gasteiger partial charge >= 0.3 is 0 Å². The second-order valence-corrected chi connectivity index (χ2v) is 3.72. The second kappa shape index (κ2) is 6.30. The Morgan fingerprint density at radius 3 is 2.61 bits per heavy atom. The van der Waals surface area contributed by atoms with Crippen LogP contribution < -0.4 is 4.74 Å². The van der Waals surface area contributed by atoms with E-state index in [9.17, 15) is 13.6 Å². The highest BCUT2D eigenvalue weighted by Crippen LogP contribution is 2.18. The number of aryl methyl sites for hydroxylation is 1. The summed E-state index contributed by atoms with van der Waals surface area (Å²) in [6, 6.07) is 4.63. The summed E-state index contributed by atoms with van der Waals surface area (Å²) in [5.74, 6) is -0.133. The van der Waals surface area contributed by atoms with Crippen LogP contribution in [0.4, 0.5) is 8.78 Å². The van der Waals surface area contributed by atoms with E-state index in [-0.39, 0.29) is 11.7 Å². The van der Waals surface area contributed by atoms with Crippen LogP contribution in [0.25, 0.3) is 0 Å². The topological polar surface area (TPSA) is 38.8 Å². The molecule has 0 heterocycles. The number of hydrogen-bond acceptors (Lipinski definition) is 3. The fourth-order valence-corrected chi connectivity index (χ4v) is 1.38. The van der Waals surface area contributed by atoms with E-state index >= 15 is 0 Å². The van der Waals surface area contributed by atoms with Crippen LogP contribution in [0, 0.1) is 6.92 Å². The maximum Gasteiger partial charge on any atom is 0.277 e. The van der Waals surface area contributed by atoms with Gasteiger partial charge in [0.05, 0.1) is 7.11 Å². The summed E-state index contributed by atoms with van der Waals surface area (Å²) in [4.78, 5) is 16.6. The van der Waals surface area contributed by atoms with Crippen LogP contribution in [0.1, 0.15) is 15.9 Å². The highest BCUT2D eigenvalue weighted by atomic mass is 19.3. The molecule has 0 N–H and O–H groups in total. The first-order valence-electron chi connectivity index (χ1n) is 5.29. The zero-order valence-corrected chi connectivity index (χ0v) is 10.4. The molecule has 1 aromatic rings. The fourth-order valence-electron chi connectivity index (χ4n) is 1.38. The number of rotatable bonds is 5. The van der Waals surface area contributed by atoms with Gasteiger partial charge in [-0.15, -0.1) is 0 Å². The van der Waals surface area contributed by atoms with Crippen LogP contribution in [0.5, 0.6) is 5.75 Å². The normalized spacial score (nSPS) is 10.6. The summed E-state index contributed by atoms with van der Waals surface area (Å²) in [6.07, 6.45) is -2.55. The van der Waals surface area contributed by atoms with Crippen LogP contribution in [0.2, 0.25) is 0 Å². The van der Waals surface area contributed by atoms with Crippen molar-refractivity contribution in [2.24, 2.45) is 0 Å². The van der Waals surface area contributed by atoms with Gasteiger partial charge < -0.3 is 4.74 Å². The molecule has 6 heteroatoms. The van der Waals surface area contributed by atoms with Crippen LogP contribution in [0.3, 0.4) is 0 Å². The maximum absolute atomic E-state index is 12.0. The van der Waals surface area contributed by atoms with Gasteiger partial charge in [-0.2, -0.15) is 0 Å². The van der Waals surface area contributed by atoms with Crippen molar-refractivity contribution in [2.45, 2.75) is 13.3 Å². The number of benzene rings is 1. The number of carbonyl (C=O) groups excluding carboxylic acids is 1. The number of amides is 1. The van der Waals surface area contributed by atoms with Gasteiger partial charge in [0.15, 0.2) is 0 Å². The van der Waals surface area contributed by atoms with Crippen molar-refractivity contribution >= 4 is 5.91 Å². The highest BCUT2D eigenvalue weighted by Gasteiger charge is 2.13. The van der Waals surface area contributed by atoms with Crippen molar-refractivity contribution in [1.82, 2.24) is 5.06 Å². The van der Waals surface area contributed by atoms with Crippen molar-refractivity contribution in [1.29, 1.82) is 0 Å². The molecular weight excluding hydrogens is 244 g/mol. The first-order chi connectivity index (χ1) is 8.43. The predicted molar refractivity (Wildman–Crippen MR) is 61.8 cm³/mol. The molecule has 0 aliphatic carbocycles. The van der Waals surface area contributed by atoms with Gasteiger partial charge in [0, 0.05) is 12.6 Å². The third-order valence-electron chi connectivity index (χ3n) is 2.23. The number of ether oxygens (including phenoxy) is 1. The molecule has 0 unspecified atom stereocenters. The van der Waals surface area contributed by atoms with Gasteiger partial charge in [-0.25, -0.2) is 13.8 Å². The predicted octanol–water partition coefficient (Wildman–Crippen LogP) is 2.27. The molecule has 0 fully saturated rings. The maximum atomic E-state index is 12.0. The molecule has 0 aliphatic heterocycles. The molecule has 0 atom stereocenters. The number of halogens is 2. The van der Waals surface area contributed by atoms with E-state index in [1.807, 2.05) is 0 Å². The zero-order chi connectivity index (χ0) is 13.7.